The number of nitrogens with zero attached hydrogens (tertiary/aromatic N) is 5. The minimum Gasteiger partial charge on any atom is -0.488 e. The van der Waals surface area contributed by atoms with Gasteiger partial charge in [-0.05, 0) is 96.0 Å². The van der Waals surface area contributed by atoms with Crippen LogP contribution in [0.4, 0.5) is 4.79 Å². The Bertz CT molecular complexity index is 1800. The van der Waals surface area contributed by atoms with Crippen molar-refractivity contribution < 1.29 is 37.3 Å². The predicted octanol–water partition coefficient (Wildman–Crippen LogP) is 5.57. The lowest BCUT2D eigenvalue weighted by Gasteiger charge is -2.34. The maximum Gasteiger partial charge on any atom is 0.410 e. The molecule has 0 spiro atoms. The first-order chi connectivity index (χ1) is 23.4. The second-order valence-electron chi connectivity index (χ2n) is 14.9. The first kappa shape index (κ1) is 37.3. The number of hydrogen-bond acceptors (Lipinski definition) is 9. The smallest absolute Gasteiger partial charge is 0.410 e. The van der Waals surface area contributed by atoms with Gasteiger partial charge in [0.25, 0.3) is 0 Å². The van der Waals surface area contributed by atoms with Crippen LogP contribution in [-0.4, -0.2) is 81.1 Å². The number of carbonyl (C=O) groups excluding carboxylic acids is 1. The minimum absolute atomic E-state index is 0.00539. The number of carbonyl (C=O) groups is 2. The standard InChI is InChI=1S/C36H49N5O8S/c1-24-14-15-27(17-28(24)21-41-18-25(2)48-30-12-8-9-13-31(30)50(41,45)46)32(36(6,7)33(42)43)47-23-29-22-40(38-37-29)20-26-11-10-16-39(19-26)34(44)49-35(3,4)5/h8-9,12-15,17,22,25-26,32H,10-11,16,18-21,23H2,1-7H3,(H,42,43)/t25-,26?,32?/m1/s1. The minimum atomic E-state index is -3.87. The largest absolute Gasteiger partial charge is 0.488 e. The van der Waals surface area contributed by atoms with Crippen molar-refractivity contribution in [2.45, 2.75) is 104 Å². The number of likely N-dealkylation sites (tertiary alicyclic amines) is 1. The summed E-state index contributed by atoms with van der Waals surface area (Å²) in [6, 6.07) is 12.1. The molecule has 0 aliphatic carbocycles. The summed E-state index contributed by atoms with van der Waals surface area (Å²) >= 11 is 0. The second kappa shape index (κ2) is 14.7. The summed E-state index contributed by atoms with van der Waals surface area (Å²) in [7, 11) is -3.87. The number of benzene rings is 2. The Hall–Kier alpha value is -4.01. The van der Waals surface area contributed by atoms with Crippen molar-refractivity contribution in [1.82, 2.24) is 24.2 Å². The summed E-state index contributed by atoms with van der Waals surface area (Å²) in [6.07, 6.45) is 1.99. The van der Waals surface area contributed by atoms with Gasteiger partial charge in [0.15, 0.2) is 0 Å². The van der Waals surface area contributed by atoms with Gasteiger partial charge < -0.3 is 24.2 Å². The number of hydrogen-bond donors (Lipinski definition) is 1. The van der Waals surface area contributed by atoms with E-state index in [1.165, 1.54) is 4.31 Å². The van der Waals surface area contributed by atoms with Crippen molar-refractivity contribution in [1.29, 1.82) is 0 Å². The maximum atomic E-state index is 13.7. The van der Waals surface area contributed by atoms with E-state index in [-0.39, 0.29) is 42.7 Å². The molecule has 272 valence electrons. The van der Waals surface area contributed by atoms with E-state index in [2.05, 4.69) is 10.3 Å². The third-order valence-corrected chi connectivity index (χ3v) is 10.9. The Morgan fingerprint density at radius 2 is 1.84 bits per heavy atom. The topological polar surface area (TPSA) is 153 Å². The quantitative estimate of drug-likeness (QED) is 0.282. The molecule has 1 N–H and O–H groups in total. The molecule has 14 heteroatoms. The summed E-state index contributed by atoms with van der Waals surface area (Å²) in [5.41, 5.74) is 0.820. The Labute approximate surface area is 294 Å². The average Bonchev–Trinajstić information content (AvgIpc) is 3.44. The molecule has 3 aromatic rings. The van der Waals surface area contributed by atoms with Gasteiger partial charge in [-0.3, -0.25) is 9.48 Å². The molecule has 2 aliphatic rings. The van der Waals surface area contributed by atoms with Gasteiger partial charge in [0, 0.05) is 26.2 Å². The molecule has 1 saturated heterocycles. The van der Waals surface area contributed by atoms with E-state index < -0.39 is 33.1 Å². The van der Waals surface area contributed by atoms with Crippen molar-refractivity contribution in [3.8, 4) is 5.75 Å². The highest BCUT2D eigenvalue weighted by Crippen LogP contribution is 2.39. The summed E-state index contributed by atoms with van der Waals surface area (Å²) in [6.45, 7) is 14.5. The fourth-order valence-corrected chi connectivity index (χ4v) is 7.98. The van der Waals surface area contributed by atoms with Gasteiger partial charge in [0.1, 0.15) is 28.0 Å². The van der Waals surface area contributed by atoms with Crippen LogP contribution in [-0.2, 0) is 44.0 Å². The Morgan fingerprint density at radius 1 is 1.10 bits per heavy atom. The summed E-state index contributed by atoms with van der Waals surface area (Å²) in [5, 5.41) is 18.8. The number of para-hydroxylation sites is 1. The van der Waals surface area contributed by atoms with Crippen LogP contribution in [0.1, 0.15) is 82.9 Å². The van der Waals surface area contributed by atoms with Gasteiger partial charge in [0.05, 0.1) is 30.9 Å². The van der Waals surface area contributed by atoms with Gasteiger partial charge in [0.2, 0.25) is 10.0 Å². The molecule has 2 unspecified atom stereocenters. The normalized spacial score (nSPS) is 20.3. The van der Waals surface area contributed by atoms with Gasteiger partial charge in [-0.15, -0.1) is 5.10 Å². The van der Waals surface area contributed by atoms with Crippen LogP contribution in [0.3, 0.4) is 0 Å². The number of aromatic nitrogens is 3. The fraction of sp³-hybridized carbons (Fsp3) is 0.556. The molecule has 50 heavy (non-hydrogen) atoms. The second-order valence-corrected chi connectivity index (χ2v) is 16.8. The van der Waals surface area contributed by atoms with E-state index in [9.17, 15) is 23.1 Å². The van der Waals surface area contributed by atoms with E-state index in [4.69, 9.17) is 14.2 Å². The number of amides is 1. The number of aliphatic carboxylic acids is 1. The number of ether oxygens (including phenoxy) is 3. The van der Waals surface area contributed by atoms with Gasteiger partial charge in [-0.1, -0.05) is 35.5 Å². The summed E-state index contributed by atoms with van der Waals surface area (Å²) < 4.78 is 48.4. The highest BCUT2D eigenvalue weighted by molar-refractivity contribution is 7.89. The van der Waals surface area contributed by atoms with Gasteiger partial charge >= 0.3 is 12.1 Å². The van der Waals surface area contributed by atoms with Crippen molar-refractivity contribution in [2.24, 2.45) is 11.3 Å². The average molecular weight is 712 g/mol. The first-order valence-electron chi connectivity index (χ1n) is 17.0. The zero-order valence-corrected chi connectivity index (χ0v) is 30.8. The molecule has 13 nitrogen and oxygen atoms in total. The Balaban J connectivity index is 1.31. The molecule has 1 amide bonds. The van der Waals surface area contributed by atoms with Crippen molar-refractivity contribution in [2.75, 3.05) is 19.6 Å². The monoisotopic (exact) mass is 711 g/mol. The van der Waals surface area contributed by atoms with Crippen LogP contribution in [0.15, 0.2) is 53.6 Å². The lowest BCUT2D eigenvalue weighted by Crippen LogP contribution is -2.43. The molecule has 3 heterocycles. The molecule has 0 saturated carbocycles. The van der Waals surface area contributed by atoms with Crippen molar-refractivity contribution in [3.63, 3.8) is 0 Å². The van der Waals surface area contributed by atoms with Crippen LogP contribution in [0, 0.1) is 18.3 Å². The van der Waals surface area contributed by atoms with E-state index in [1.807, 2.05) is 52.8 Å². The molecule has 0 bridgehead atoms. The molecule has 3 atom stereocenters. The van der Waals surface area contributed by atoms with E-state index in [0.717, 1.165) is 24.0 Å². The van der Waals surface area contributed by atoms with Crippen molar-refractivity contribution >= 4 is 22.1 Å². The number of aryl methyl sites for hydroxylation is 1. The molecule has 2 aliphatic heterocycles. The SMILES string of the molecule is Cc1ccc(C(OCc2cn(CC3CCCN(C(=O)OC(C)(C)C)C3)nn2)C(C)(C)C(=O)O)cc1CN1C[C@@H](C)Oc2ccccc2S1(=O)=O. The van der Waals surface area contributed by atoms with Crippen LogP contribution < -0.4 is 4.74 Å². The van der Waals surface area contributed by atoms with Crippen LogP contribution in [0.2, 0.25) is 0 Å². The summed E-state index contributed by atoms with van der Waals surface area (Å²) in [4.78, 5) is 27.0. The number of piperidine rings is 1. The zero-order valence-electron chi connectivity index (χ0n) is 30.0. The Morgan fingerprint density at radius 3 is 2.56 bits per heavy atom. The fourth-order valence-electron chi connectivity index (χ4n) is 6.37. The molecule has 1 aromatic heterocycles. The van der Waals surface area contributed by atoms with Crippen molar-refractivity contribution in [3.05, 3.63) is 71.0 Å². The molecule has 0 radical (unpaired) electrons. The molecule has 2 aromatic carbocycles. The predicted molar refractivity (Wildman–Crippen MR) is 185 cm³/mol. The van der Waals surface area contributed by atoms with Gasteiger partial charge in [-0.25, -0.2) is 13.2 Å². The lowest BCUT2D eigenvalue weighted by molar-refractivity contribution is -0.158. The molecular weight excluding hydrogens is 662 g/mol. The van der Waals surface area contributed by atoms with Crippen LogP contribution in [0.25, 0.3) is 0 Å². The maximum absolute atomic E-state index is 13.7. The van der Waals surface area contributed by atoms with E-state index >= 15 is 0 Å². The first-order valence-corrected chi connectivity index (χ1v) is 18.4. The van der Waals surface area contributed by atoms with Gasteiger partial charge in [-0.2, -0.15) is 4.31 Å². The van der Waals surface area contributed by atoms with E-state index in [0.29, 0.717) is 36.6 Å². The highest BCUT2D eigenvalue weighted by atomic mass is 32.2. The third kappa shape index (κ3) is 8.64. The number of carboxylic acids is 1. The highest BCUT2D eigenvalue weighted by Gasteiger charge is 2.40. The van der Waals surface area contributed by atoms with Crippen LogP contribution in [0.5, 0.6) is 5.75 Å². The number of rotatable bonds is 10. The number of fused-ring (bicyclic) bond motifs is 1. The zero-order chi connectivity index (χ0) is 36.4. The lowest BCUT2D eigenvalue weighted by atomic mass is 9.81. The van der Waals surface area contributed by atoms with E-state index in [1.54, 1.807) is 53.9 Å². The third-order valence-electron chi connectivity index (χ3n) is 9.09. The number of carboxylic acid groups (broad SMARTS) is 1. The Kier molecular flexibility index (Phi) is 10.9. The number of sulfonamides is 1. The summed E-state index contributed by atoms with van der Waals surface area (Å²) in [5.74, 6) is -0.548. The molecular formula is C36H49N5O8S. The molecule has 5 rings (SSSR count). The molecule has 1 fully saturated rings. The van der Waals surface area contributed by atoms with Crippen LogP contribution >= 0.6 is 0 Å².